The number of aliphatic imine (C=N–C) groups is 1. The number of phenolic OH excluding ortho intramolecular Hbond substituents is 2. The minimum Gasteiger partial charge on any atom is -0.507 e. The second-order valence-corrected chi connectivity index (χ2v) is 8.74. The van der Waals surface area contributed by atoms with Crippen molar-refractivity contribution in [1.82, 2.24) is 0 Å². The molecule has 0 amide bonds. The molecule has 2 aromatic carbocycles. The van der Waals surface area contributed by atoms with Gasteiger partial charge in [-0.2, -0.15) is 0 Å². The van der Waals surface area contributed by atoms with Crippen LogP contribution in [0.1, 0.15) is 40.7 Å². The molecule has 2 aromatic rings. The number of aromatic hydroxyl groups is 2. The van der Waals surface area contributed by atoms with Crippen LogP contribution in [0.15, 0.2) is 35.3 Å². The molecular formula is C24H27NO10. The Morgan fingerprint density at radius 3 is 2.31 bits per heavy atom. The standard InChI is InChI=1S/C24H27NO10/c1-9(24(33)34)25-19-17-11(3-2-4-13(17)28)16(12-5-10(7-26)6-14(29)18(12)19)23-22(32)21(31)20(30)15(8-27)35-23/h2-6,9,15-16,20-23,26-32H,7-8H2,1H3,(H,33,34)/t9-,15+,16?,20+,21-,22+,23-/m0/s1. The van der Waals surface area contributed by atoms with Gasteiger partial charge in [-0.1, -0.05) is 18.2 Å². The lowest BCUT2D eigenvalue weighted by molar-refractivity contribution is -0.232. The van der Waals surface area contributed by atoms with Crippen LogP contribution in [-0.2, 0) is 16.1 Å². The highest BCUT2D eigenvalue weighted by Gasteiger charge is 2.49. The number of ether oxygens (including phenoxy) is 1. The number of carbonyl (C=O) groups is 1. The Morgan fingerprint density at radius 2 is 1.69 bits per heavy atom. The molecular weight excluding hydrogens is 462 g/mol. The molecule has 1 aliphatic heterocycles. The van der Waals surface area contributed by atoms with Crippen LogP contribution in [0, 0.1) is 0 Å². The zero-order valence-electron chi connectivity index (χ0n) is 18.7. The number of nitrogens with zero attached hydrogens (tertiary/aromatic N) is 1. The van der Waals surface area contributed by atoms with Crippen molar-refractivity contribution in [2.75, 3.05) is 6.61 Å². The van der Waals surface area contributed by atoms with Gasteiger partial charge in [-0.05, 0) is 35.7 Å². The SMILES string of the molecule is C[C@H](N=C1c2c(O)cccc2C([C@@H]2O[C@H](CO)[C@@H](O)[C@H](O)[C@H]2O)c2cc(CO)cc(O)c21)C(=O)O. The monoisotopic (exact) mass is 489 g/mol. The summed E-state index contributed by atoms with van der Waals surface area (Å²) >= 11 is 0. The van der Waals surface area contributed by atoms with E-state index < -0.39 is 61.7 Å². The van der Waals surface area contributed by atoms with Gasteiger partial charge in [-0.3, -0.25) is 4.99 Å². The molecule has 1 unspecified atom stereocenters. The van der Waals surface area contributed by atoms with E-state index in [4.69, 9.17) is 4.74 Å². The highest BCUT2D eigenvalue weighted by Crippen LogP contribution is 2.48. The molecule has 188 valence electrons. The first kappa shape index (κ1) is 25.0. The molecule has 0 saturated carbocycles. The highest BCUT2D eigenvalue weighted by atomic mass is 16.5. The predicted octanol–water partition coefficient (Wildman–Crippen LogP) is -0.812. The Kier molecular flexibility index (Phi) is 6.82. The predicted molar refractivity (Wildman–Crippen MR) is 120 cm³/mol. The first-order valence-electron chi connectivity index (χ1n) is 11.0. The molecule has 35 heavy (non-hydrogen) atoms. The first-order valence-corrected chi connectivity index (χ1v) is 11.0. The van der Waals surface area contributed by atoms with Crippen LogP contribution >= 0.6 is 0 Å². The van der Waals surface area contributed by atoms with Crippen molar-refractivity contribution in [3.05, 3.63) is 58.1 Å². The summed E-state index contributed by atoms with van der Waals surface area (Å²) in [6.07, 6.45) is -7.39. The molecule has 1 fully saturated rings. The van der Waals surface area contributed by atoms with Crippen molar-refractivity contribution >= 4 is 11.7 Å². The van der Waals surface area contributed by atoms with Gasteiger partial charge in [0.25, 0.3) is 0 Å². The Hall–Kier alpha value is -3.06. The number of phenols is 2. The molecule has 11 heteroatoms. The maximum absolute atomic E-state index is 11.6. The van der Waals surface area contributed by atoms with Gasteiger partial charge in [-0.25, -0.2) is 4.79 Å². The van der Waals surface area contributed by atoms with Crippen molar-refractivity contribution in [3.63, 3.8) is 0 Å². The number of aliphatic hydroxyl groups is 5. The average molecular weight is 489 g/mol. The van der Waals surface area contributed by atoms with E-state index in [1.165, 1.54) is 31.2 Å². The van der Waals surface area contributed by atoms with Gasteiger partial charge in [0, 0.05) is 17.0 Å². The molecule has 0 aromatic heterocycles. The van der Waals surface area contributed by atoms with Crippen LogP contribution in [0.25, 0.3) is 0 Å². The Balaban J connectivity index is 2.02. The quantitative estimate of drug-likeness (QED) is 0.263. The third-order valence-electron chi connectivity index (χ3n) is 6.55. The summed E-state index contributed by atoms with van der Waals surface area (Å²) in [6, 6.07) is 6.02. The number of hydrogen-bond acceptors (Lipinski definition) is 10. The molecule has 1 heterocycles. The summed E-state index contributed by atoms with van der Waals surface area (Å²) in [7, 11) is 0. The van der Waals surface area contributed by atoms with Crippen molar-refractivity contribution < 1.29 is 50.4 Å². The fourth-order valence-corrected chi connectivity index (χ4v) is 4.81. The van der Waals surface area contributed by atoms with Gasteiger partial charge in [0.05, 0.1) is 25.0 Å². The van der Waals surface area contributed by atoms with Crippen LogP contribution in [-0.4, -0.2) is 95.7 Å². The molecule has 1 aliphatic carbocycles. The molecule has 1 saturated heterocycles. The van der Waals surface area contributed by atoms with Crippen LogP contribution < -0.4 is 0 Å². The average Bonchev–Trinajstić information content (AvgIpc) is 2.82. The summed E-state index contributed by atoms with van der Waals surface area (Å²) in [5, 5.41) is 82.1. The summed E-state index contributed by atoms with van der Waals surface area (Å²) in [6.45, 7) is 0.226. The molecule has 11 nitrogen and oxygen atoms in total. The second-order valence-electron chi connectivity index (χ2n) is 8.74. The maximum atomic E-state index is 11.6. The summed E-state index contributed by atoms with van der Waals surface area (Å²) < 4.78 is 5.82. The van der Waals surface area contributed by atoms with Gasteiger partial charge in [-0.15, -0.1) is 0 Å². The number of carboxylic acids is 1. The van der Waals surface area contributed by atoms with E-state index in [-0.39, 0.29) is 33.9 Å². The number of rotatable bonds is 5. The Bertz CT molecular complexity index is 1160. The van der Waals surface area contributed by atoms with Crippen molar-refractivity contribution in [2.45, 2.75) is 56.0 Å². The minimum absolute atomic E-state index is 0.00849. The van der Waals surface area contributed by atoms with Gasteiger partial charge in [0.1, 0.15) is 42.0 Å². The van der Waals surface area contributed by atoms with E-state index in [1.54, 1.807) is 6.07 Å². The Morgan fingerprint density at radius 1 is 1.00 bits per heavy atom. The highest BCUT2D eigenvalue weighted by molar-refractivity contribution is 6.19. The summed E-state index contributed by atoms with van der Waals surface area (Å²) in [5.74, 6) is -2.84. The molecule has 0 bridgehead atoms. The smallest absolute Gasteiger partial charge is 0.328 e. The lowest BCUT2D eigenvalue weighted by atomic mass is 9.71. The van der Waals surface area contributed by atoms with Crippen molar-refractivity contribution in [2.24, 2.45) is 4.99 Å². The van der Waals surface area contributed by atoms with E-state index in [1.807, 2.05) is 0 Å². The zero-order valence-corrected chi connectivity index (χ0v) is 18.7. The van der Waals surface area contributed by atoms with E-state index in [2.05, 4.69) is 4.99 Å². The topological polar surface area (TPSA) is 200 Å². The summed E-state index contributed by atoms with van der Waals surface area (Å²) in [5.41, 5.74) is 1.07. The number of benzene rings is 2. The normalized spacial score (nSPS) is 29.9. The van der Waals surface area contributed by atoms with Crippen LogP contribution in [0.4, 0.5) is 0 Å². The van der Waals surface area contributed by atoms with Crippen LogP contribution in [0.2, 0.25) is 0 Å². The number of aliphatic hydroxyl groups excluding tert-OH is 5. The zero-order chi connectivity index (χ0) is 25.6. The molecule has 0 radical (unpaired) electrons. The minimum atomic E-state index is -1.67. The number of aliphatic carboxylic acids is 1. The van der Waals surface area contributed by atoms with E-state index in [0.717, 1.165) is 0 Å². The third kappa shape index (κ3) is 4.16. The fourth-order valence-electron chi connectivity index (χ4n) is 4.81. The largest absolute Gasteiger partial charge is 0.507 e. The number of fused-ring (bicyclic) bond motifs is 2. The summed E-state index contributed by atoms with van der Waals surface area (Å²) in [4.78, 5) is 15.8. The Labute approximate surface area is 199 Å². The fraction of sp³-hybridized carbons (Fsp3) is 0.417. The van der Waals surface area contributed by atoms with E-state index >= 15 is 0 Å². The second kappa shape index (κ2) is 9.53. The van der Waals surface area contributed by atoms with Crippen LogP contribution in [0.5, 0.6) is 11.5 Å². The maximum Gasteiger partial charge on any atom is 0.328 e. The molecule has 7 atom stereocenters. The molecule has 4 rings (SSSR count). The van der Waals surface area contributed by atoms with Gasteiger partial charge < -0.3 is 45.6 Å². The van der Waals surface area contributed by atoms with Crippen molar-refractivity contribution in [3.8, 4) is 11.5 Å². The lowest BCUT2D eigenvalue weighted by Crippen LogP contribution is -2.60. The van der Waals surface area contributed by atoms with E-state index in [0.29, 0.717) is 11.1 Å². The van der Waals surface area contributed by atoms with Gasteiger partial charge in [0.2, 0.25) is 0 Å². The van der Waals surface area contributed by atoms with E-state index in [9.17, 15) is 45.6 Å². The van der Waals surface area contributed by atoms with Gasteiger partial charge in [0.15, 0.2) is 0 Å². The first-order chi connectivity index (χ1) is 16.6. The number of carboxylic acid groups (broad SMARTS) is 1. The molecule has 8 N–H and O–H groups in total. The van der Waals surface area contributed by atoms with Crippen molar-refractivity contribution in [1.29, 1.82) is 0 Å². The number of hydrogen-bond donors (Lipinski definition) is 8. The third-order valence-corrected chi connectivity index (χ3v) is 6.55. The lowest BCUT2D eigenvalue weighted by Gasteiger charge is -2.45. The molecule has 2 aliphatic rings. The molecule has 0 spiro atoms. The van der Waals surface area contributed by atoms with Gasteiger partial charge >= 0.3 is 5.97 Å². The van der Waals surface area contributed by atoms with Crippen LogP contribution in [0.3, 0.4) is 0 Å².